The number of nitrogens with zero attached hydrogens (tertiary/aromatic N) is 2. The molecule has 0 aliphatic carbocycles. The van der Waals surface area contributed by atoms with Gasteiger partial charge in [0.15, 0.2) is 0 Å². The molecule has 2 atom stereocenters. The lowest BCUT2D eigenvalue weighted by molar-refractivity contribution is -0.187. The second kappa shape index (κ2) is 8.60. The molecule has 0 bridgehead atoms. The van der Waals surface area contributed by atoms with Gasteiger partial charge in [0, 0.05) is 32.1 Å². The molecule has 0 saturated carbocycles. The molecule has 1 aromatic carbocycles. The molecule has 0 radical (unpaired) electrons. The number of likely N-dealkylation sites (N-methyl/N-ethyl adjacent to an activating group) is 1. The zero-order valence-electron chi connectivity index (χ0n) is 16.5. The molecule has 2 rings (SSSR count). The van der Waals surface area contributed by atoms with Crippen LogP contribution in [-0.4, -0.2) is 59.8 Å². The highest BCUT2D eigenvalue weighted by molar-refractivity contribution is 6.42. The Bertz CT molecular complexity index is 781. The van der Waals surface area contributed by atoms with E-state index in [1.165, 1.54) is 11.0 Å². The summed E-state index contributed by atoms with van der Waals surface area (Å²) in [6, 6.07) is 3.94. The summed E-state index contributed by atoms with van der Waals surface area (Å²) in [5, 5.41) is 0.536. The molecule has 2 amide bonds. The third-order valence-corrected chi connectivity index (χ3v) is 5.40. The average Bonchev–Trinajstić information content (AvgIpc) is 2.60. The Morgan fingerprint density at radius 1 is 1.17 bits per heavy atom. The number of piperidine rings is 1. The van der Waals surface area contributed by atoms with E-state index in [4.69, 9.17) is 27.9 Å². The zero-order chi connectivity index (χ0) is 22.1. The van der Waals surface area contributed by atoms with E-state index in [-0.39, 0.29) is 24.5 Å². The maximum absolute atomic E-state index is 13.0. The zero-order valence-corrected chi connectivity index (χ0v) is 18.0. The van der Waals surface area contributed by atoms with E-state index >= 15 is 0 Å². The van der Waals surface area contributed by atoms with Crippen LogP contribution in [0.3, 0.4) is 0 Å². The SMILES string of the molecule is CN(C(=O)C(F)(F)F)[C@@H]1CCN(C(=O)OC(C)(C)C)C[C@H]1c1ccc(Cl)c(Cl)c1. The predicted molar refractivity (Wildman–Crippen MR) is 104 cm³/mol. The van der Waals surface area contributed by atoms with E-state index in [2.05, 4.69) is 0 Å². The standard InChI is InChI=1S/C19H23Cl2F3N2O3/c1-18(2,3)29-17(28)26-8-7-15(25(4)16(27)19(22,23)24)12(10-26)11-5-6-13(20)14(21)9-11/h5-6,9,12,15H,7-8,10H2,1-4H3/t12-,15+/m0/s1. The van der Waals surface area contributed by atoms with Crippen molar-refractivity contribution in [2.24, 2.45) is 0 Å². The largest absolute Gasteiger partial charge is 0.471 e. The lowest BCUT2D eigenvalue weighted by Crippen LogP contribution is -2.54. The number of hydrogen-bond donors (Lipinski definition) is 0. The minimum Gasteiger partial charge on any atom is -0.444 e. The van der Waals surface area contributed by atoms with Gasteiger partial charge in [0.05, 0.1) is 10.0 Å². The first-order valence-electron chi connectivity index (χ1n) is 8.97. The van der Waals surface area contributed by atoms with Crippen molar-refractivity contribution >= 4 is 35.2 Å². The van der Waals surface area contributed by atoms with Crippen molar-refractivity contribution in [3.8, 4) is 0 Å². The number of rotatable bonds is 2. The van der Waals surface area contributed by atoms with Crippen LogP contribution in [0, 0.1) is 0 Å². The topological polar surface area (TPSA) is 49.9 Å². The first kappa shape index (κ1) is 23.6. The van der Waals surface area contributed by atoms with Gasteiger partial charge >= 0.3 is 18.2 Å². The fraction of sp³-hybridized carbons (Fsp3) is 0.579. The first-order chi connectivity index (χ1) is 13.2. The number of ether oxygens (including phenoxy) is 1. The number of hydrogen-bond acceptors (Lipinski definition) is 3. The summed E-state index contributed by atoms with van der Waals surface area (Å²) in [6.07, 6.45) is -5.40. The molecule has 1 heterocycles. The van der Waals surface area contributed by atoms with Crippen LogP contribution in [0.25, 0.3) is 0 Å². The normalized spacial score (nSPS) is 20.4. The number of alkyl halides is 3. The summed E-state index contributed by atoms with van der Waals surface area (Å²) < 4.78 is 44.3. The van der Waals surface area contributed by atoms with E-state index in [9.17, 15) is 22.8 Å². The van der Waals surface area contributed by atoms with Crippen molar-refractivity contribution in [3.05, 3.63) is 33.8 Å². The number of amides is 2. The molecule has 162 valence electrons. The van der Waals surface area contributed by atoms with Crippen molar-refractivity contribution in [2.75, 3.05) is 20.1 Å². The van der Waals surface area contributed by atoms with E-state index < -0.39 is 35.7 Å². The summed E-state index contributed by atoms with van der Waals surface area (Å²) in [5.41, 5.74) is -0.129. The van der Waals surface area contributed by atoms with Gasteiger partial charge in [0.2, 0.25) is 0 Å². The predicted octanol–water partition coefficient (Wildman–Crippen LogP) is 5.11. The quantitative estimate of drug-likeness (QED) is 0.623. The molecule has 10 heteroatoms. The smallest absolute Gasteiger partial charge is 0.444 e. The number of likely N-dealkylation sites (tertiary alicyclic amines) is 1. The summed E-state index contributed by atoms with van der Waals surface area (Å²) in [5.74, 6) is -2.53. The molecule has 1 aliphatic rings. The Morgan fingerprint density at radius 3 is 2.31 bits per heavy atom. The van der Waals surface area contributed by atoms with Gasteiger partial charge in [-0.15, -0.1) is 0 Å². The molecular formula is C19H23Cl2F3N2O3. The highest BCUT2D eigenvalue weighted by atomic mass is 35.5. The van der Waals surface area contributed by atoms with Crippen LogP contribution >= 0.6 is 23.2 Å². The van der Waals surface area contributed by atoms with Crippen LogP contribution in [0.1, 0.15) is 38.7 Å². The second-order valence-electron chi connectivity index (χ2n) is 7.98. The minimum absolute atomic E-state index is 0.0764. The summed E-state index contributed by atoms with van der Waals surface area (Å²) in [6.45, 7) is 5.41. The maximum atomic E-state index is 13.0. The maximum Gasteiger partial charge on any atom is 0.471 e. The average molecular weight is 455 g/mol. The van der Waals surface area contributed by atoms with Crippen LogP contribution in [0.5, 0.6) is 0 Å². The highest BCUT2D eigenvalue weighted by Gasteiger charge is 2.46. The van der Waals surface area contributed by atoms with Crippen LogP contribution < -0.4 is 0 Å². The Labute approximate surface area is 177 Å². The van der Waals surface area contributed by atoms with E-state index in [1.807, 2.05) is 0 Å². The summed E-state index contributed by atoms with van der Waals surface area (Å²) in [7, 11) is 1.12. The monoisotopic (exact) mass is 454 g/mol. The van der Waals surface area contributed by atoms with E-state index in [0.717, 1.165) is 7.05 Å². The second-order valence-corrected chi connectivity index (χ2v) is 8.79. The molecule has 0 spiro atoms. The van der Waals surface area contributed by atoms with Gasteiger partial charge in [0.1, 0.15) is 5.60 Å². The Morgan fingerprint density at radius 2 is 1.79 bits per heavy atom. The van der Waals surface area contributed by atoms with Crippen molar-refractivity contribution in [1.29, 1.82) is 0 Å². The van der Waals surface area contributed by atoms with Crippen LogP contribution in [0.4, 0.5) is 18.0 Å². The number of carbonyl (C=O) groups excluding carboxylic acids is 2. The molecular weight excluding hydrogens is 432 g/mol. The van der Waals surface area contributed by atoms with Gasteiger partial charge in [-0.3, -0.25) is 4.79 Å². The molecule has 1 fully saturated rings. The fourth-order valence-electron chi connectivity index (χ4n) is 3.32. The van der Waals surface area contributed by atoms with Gasteiger partial charge in [-0.2, -0.15) is 13.2 Å². The molecule has 5 nitrogen and oxygen atoms in total. The third-order valence-electron chi connectivity index (χ3n) is 4.66. The molecule has 0 N–H and O–H groups in total. The Hall–Kier alpha value is -1.67. The molecule has 0 aromatic heterocycles. The third kappa shape index (κ3) is 5.92. The molecule has 1 aromatic rings. The van der Waals surface area contributed by atoms with Crippen LogP contribution in [0.2, 0.25) is 10.0 Å². The van der Waals surface area contributed by atoms with Crippen LogP contribution in [-0.2, 0) is 9.53 Å². The number of halogens is 5. The Balaban J connectivity index is 2.35. The van der Waals surface area contributed by atoms with Gasteiger partial charge in [0.25, 0.3) is 0 Å². The lowest BCUT2D eigenvalue weighted by atomic mass is 9.85. The van der Waals surface area contributed by atoms with Crippen LogP contribution in [0.15, 0.2) is 18.2 Å². The van der Waals surface area contributed by atoms with Gasteiger partial charge < -0.3 is 14.5 Å². The highest BCUT2D eigenvalue weighted by Crippen LogP contribution is 2.35. The van der Waals surface area contributed by atoms with Gasteiger partial charge in [-0.1, -0.05) is 29.3 Å². The van der Waals surface area contributed by atoms with Crippen molar-refractivity contribution in [3.63, 3.8) is 0 Å². The summed E-state index contributed by atoms with van der Waals surface area (Å²) in [4.78, 5) is 26.4. The first-order valence-corrected chi connectivity index (χ1v) is 9.73. The molecule has 1 aliphatic heterocycles. The molecule has 1 saturated heterocycles. The minimum atomic E-state index is -4.99. The van der Waals surface area contributed by atoms with Crippen molar-refractivity contribution in [1.82, 2.24) is 9.80 Å². The number of carbonyl (C=O) groups is 2. The summed E-state index contributed by atoms with van der Waals surface area (Å²) >= 11 is 12.0. The van der Waals surface area contributed by atoms with Crippen molar-refractivity contribution in [2.45, 2.75) is 50.9 Å². The molecule has 29 heavy (non-hydrogen) atoms. The van der Waals surface area contributed by atoms with E-state index in [1.54, 1.807) is 32.9 Å². The Kier molecular flexibility index (Phi) is 7.00. The number of benzene rings is 1. The molecule has 0 unspecified atom stereocenters. The fourth-order valence-corrected chi connectivity index (χ4v) is 3.62. The van der Waals surface area contributed by atoms with Gasteiger partial charge in [-0.05, 0) is 44.9 Å². The van der Waals surface area contributed by atoms with Gasteiger partial charge in [-0.25, -0.2) is 4.79 Å². The van der Waals surface area contributed by atoms with E-state index in [0.29, 0.717) is 15.5 Å². The van der Waals surface area contributed by atoms with Crippen molar-refractivity contribution < 1.29 is 27.5 Å². The lowest BCUT2D eigenvalue weighted by Gasteiger charge is -2.43.